The number of methoxy groups -OCH3 is 1. The number of thiophene rings is 1. The quantitative estimate of drug-likeness (QED) is 0.191. The first-order chi connectivity index (χ1) is 19.7. The molecule has 1 fully saturated rings. The predicted octanol–water partition coefficient (Wildman–Crippen LogP) is 8.72. The fourth-order valence-electron chi connectivity index (χ4n) is 5.67. The van der Waals surface area contributed by atoms with E-state index in [4.69, 9.17) is 16.3 Å². The fourth-order valence-corrected chi connectivity index (χ4v) is 7.17. The van der Waals surface area contributed by atoms with Crippen LogP contribution in [0.25, 0.3) is 21.2 Å². The number of pyridine rings is 1. The van der Waals surface area contributed by atoms with Crippen LogP contribution in [0.15, 0.2) is 48.7 Å². The Bertz CT molecular complexity index is 1610. The van der Waals surface area contributed by atoms with Gasteiger partial charge in [0.15, 0.2) is 5.78 Å². The SMILES string of the molecule is CCC1CCC(N(Cc2cc(-c3ccnc(C(C)=O)c3)ccc2OC)C(=O)c2sc3c(F)ccc(F)c3c2Cl)CC1. The number of ketones is 1. The number of fused-ring (bicyclic) bond motifs is 1. The van der Waals surface area contributed by atoms with Crippen LogP contribution in [0.2, 0.25) is 5.02 Å². The largest absolute Gasteiger partial charge is 0.496 e. The number of aromatic nitrogens is 1. The first-order valence-corrected chi connectivity index (χ1v) is 14.9. The molecule has 4 aromatic rings. The van der Waals surface area contributed by atoms with Crippen molar-refractivity contribution in [2.45, 2.75) is 58.5 Å². The van der Waals surface area contributed by atoms with E-state index in [-0.39, 0.29) is 44.3 Å². The van der Waals surface area contributed by atoms with Gasteiger partial charge < -0.3 is 9.64 Å². The minimum Gasteiger partial charge on any atom is -0.496 e. The van der Waals surface area contributed by atoms with Crippen LogP contribution in [0.4, 0.5) is 8.78 Å². The normalized spacial score (nSPS) is 17.0. The minimum absolute atomic E-state index is 0.0338. The Kier molecular flexibility index (Phi) is 8.71. The Morgan fingerprint density at radius 3 is 2.41 bits per heavy atom. The summed E-state index contributed by atoms with van der Waals surface area (Å²) in [5, 5.41) is -0.123. The first-order valence-electron chi connectivity index (χ1n) is 13.7. The van der Waals surface area contributed by atoms with Crippen LogP contribution < -0.4 is 4.74 Å². The van der Waals surface area contributed by atoms with E-state index in [2.05, 4.69) is 11.9 Å². The summed E-state index contributed by atoms with van der Waals surface area (Å²) in [7, 11) is 1.58. The molecule has 0 bridgehead atoms. The Morgan fingerprint density at radius 2 is 1.76 bits per heavy atom. The van der Waals surface area contributed by atoms with Crippen LogP contribution in [0.3, 0.4) is 0 Å². The van der Waals surface area contributed by atoms with Gasteiger partial charge in [0.1, 0.15) is 28.0 Å². The van der Waals surface area contributed by atoms with Gasteiger partial charge in [-0.05, 0) is 79.1 Å². The fraction of sp³-hybridized carbons (Fsp3) is 0.344. The molecule has 1 amide bonds. The van der Waals surface area contributed by atoms with Crippen molar-refractivity contribution in [2.24, 2.45) is 5.92 Å². The Hall–Kier alpha value is -3.36. The summed E-state index contributed by atoms with van der Waals surface area (Å²) >= 11 is 7.45. The number of rotatable bonds is 8. The van der Waals surface area contributed by atoms with Crippen LogP contribution in [-0.4, -0.2) is 34.7 Å². The molecule has 0 saturated heterocycles. The van der Waals surface area contributed by atoms with Crippen molar-refractivity contribution in [3.63, 3.8) is 0 Å². The van der Waals surface area contributed by atoms with Crippen molar-refractivity contribution in [3.8, 4) is 16.9 Å². The van der Waals surface area contributed by atoms with E-state index in [1.165, 1.54) is 6.92 Å². The number of carbonyl (C=O) groups excluding carboxylic acids is 2. The van der Waals surface area contributed by atoms with E-state index in [1.54, 1.807) is 24.3 Å². The molecule has 0 unspecified atom stereocenters. The zero-order valence-electron chi connectivity index (χ0n) is 23.2. The molecule has 5 nitrogen and oxygen atoms in total. The van der Waals surface area contributed by atoms with Crippen LogP contribution in [0, 0.1) is 17.6 Å². The third kappa shape index (κ3) is 5.86. The van der Waals surface area contributed by atoms with Crippen LogP contribution in [0.5, 0.6) is 5.75 Å². The number of Topliss-reactive ketones (excluding diaryl/α,β-unsaturated/α-hetero) is 1. The van der Waals surface area contributed by atoms with Gasteiger partial charge in [0.05, 0.1) is 22.2 Å². The van der Waals surface area contributed by atoms with E-state index >= 15 is 0 Å². The summed E-state index contributed by atoms with van der Waals surface area (Å²) in [6, 6.07) is 11.3. The molecule has 9 heteroatoms. The Labute approximate surface area is 247 Å². The summed E-state index contributed by atoms with van der Waals surface area (Å²) < 4.78 is 35.0. The monoisotopic (exact) mass is 596 g/mol. The summed E-state index contributed by atoms with van der Waals surface area (Å²) in [6.45, 7) is 3.87. The topological polar surface area (TPSA) is 59.5 Å². The maximum Gasteiger partial charge on any atom is 0.266 e. The second-order valence-corrected chi connectivity index (χ2v) is 11.9. The van der Waals surface area contributed by atoms with Crippen LogP contribution in [0.1, 0.15) is 71.7 Å². The molecule has 2 aromatic carbocycles. The lowest BCUT2D eigenvalue weighted by Crippen LogP contribution is -2.41. The number of amides is 1. The third-order valence-corrected chi connectivity index (χ3v) is 9.72. The molecule has 2 heterocycles. The second-order valence-electron chi connectivity index (χ2n) is 10.5. The average molecular weight is 597 g/mol. The van der Waals surface area contributed by atoms with Gasteiger partial charge in [-0.25, -0.2) is 8.78 Å². The van der Waals surface area contributed by atoms with E-state index in [9.17, 15) is 18.4 Å². The summed E-state index contributed by atoms with van der Waals surface area (Å²) in [5.41, 5.74) is 2.79. The second kappa shape index (κ2) is 12.2. The molecular formula is C32H31ClF2N2O3S. The maximum atomic E-state index is 14.7. The number of benzene rings is 2. The average Bonchev–Trinajstić information content (AvgIpc) is 3.35. The highest BCUT2D eigenvalue weighted by atomic mass is 35.5. The number of halogens is 3. The zero-order chi connectivity index (χ0) is 29.3. The predicted molar refractivity (Wildman–Crippen MR) is 159 cm³/mol. The zero-order valence-corrected chi connectivity index (χ0v) is 24.7. The molecule has 0 aliphatic heterocycles. The lowest BCUT2D eigenvalue weighted by atomic mass is 9.83. The van der Waals surface area contributed by atoms with Crippen molar-refractivity contribution in [3.05, 3.63) is 81.5 Å². The molecule has 0 atom stereocenters. The number of hydrogen-bond donors (Lipinski definition) is 0. The highest BCUT2D eigenvalue weighted by molar-refractivity contribution is 7.21. The highest BCUT2D eigenvalue weighted by Gasteiger charge is 2.33. The first kappa shape index (κ1) is 29.1. The van der Waals surface area contributed by atoms with E-state index < -0.39 is 11.6 Å². The van der Waals surface area contributed by atoms with Crippen molar-refractivity contribution in [1.82, 2.24) is 9.88 Å². The standard InChI is InChI=1S/C32H31ClF2N2O3S/c1-4-19-5-8-23(9-6-19)37(32(39)31-29(33)28-24(34)10-11-25(35)30(28)41-31)17-22-15-20(7-12-27(22)40-3)21-13-14-36-26(16-21)18(2)38/h7,10-16,19,23H,4-6,8-9,17H2,1-3H3. The molecule has 2 aromatic heterocycles. The number of nitrogens with zero attached hydrogens (tertiary/aromatic N) is 2. The minimum atomic E-state index is -0.659. The van der Waals surface area contributed by atoms with Gasteiger partial charge in [-0.3, -0.25) is 14.6 Å². The van der Waals surface area contributed by atoms with Crippen molar-refractivity contribution >= 4 is 44.7 Å². The van der Waals surface area contributed by atoms with Crippen LogP contribution in [-0.2, 0) is 6.54 Å². The highest BCUT2D eigenvalue weighted by Crippen LogP contribution is 2.41. The van der Waals surface area contributed by atoms with Gasteiger partial charge >= 0.3 is 0 Å². The van der Waals surface area contributed by atoms with Crippen molar-refractivity contribution in [2.75, 3.05) is 7.11 Å². The van der Waals surface area contributed by atoms with Crippen molar-refractivity contribution < 1.29 is 23.1 Å². The molecule has 0 spiro atoms. The smallest absolute Gasteiger partial charge is 0.266 e. The van der Waals surface area contributed by atoms with Gasteiger partial charge in [0, 0.05) is 31.3 Å². The molecule has 1 saturated carbocycles. The van der Waals surface area contributed by atoms with Gasteiger partial charge in [0.25, 0.3) is 5.91 Å². The van der Waals surface area contributed by atoms with Gasteiger partial charge in [-0.15, -0.1) is 11.3 Å². The molecule has 41 heavy (non-hydrogen) atoms. The van der Waals surface area contributed by atoms with Crippen LogP contribution >= 0.6 is 22.9 Å². The van der Waals surface area contributed by atoms with E-state index in [1.807, 2.05) is 24.3 Å². The van der Waals surface area contributed by atoms with E-state index in [0.717, 1.165) is 72.3 Å². The van der Waals surface area contributed by atoms with Crippen molar-refractivity contribution in [1.29, 1.82) is 0 Å². The Balaban J connectivity index is 1.56. The summed E-state index contributed by atoms with van der Waals surface area (Å²) in [6.07, 6.45) is 6.32. The third-order valence-electron chi connectivity index (χ3n) is 8.05. The molecule has 1 aliphatic carbocycles. The molecule has 214 valence electrons. The van der Waals surface area contributed by atoms with Gasteiger partial charge in [-0.2, -0.15) is 0 Å². The lowest BCUT2D eigenvalue weighted by Gasteiger charge is -2.37. The number of carbonyl (C=O) groups is 2. The lowest BCUT2D eigenvalue weighted by molar-refractivity contribution is 0.0591. The summed E-state index contributed by atoms with van der Waals surface area (Å²) in [5.74, 6) is -0.542. The molecule has 1 aliphatic rings. The molecule has 0 N–H and O–H groups in total. The van der Waals surface area contributed by atoms with Gasteiger partial charge in [-0.1, -0.05) is 31.0 Å². The number of ether oxygens (including phenoxy) is 1. The summed E-state index contributed by atoms with van der Waals surface area (Å²) in [4.78, 5) is 32.2. The number of hydrogen-bond acceptors (Lipinski definition) is 5. The molecule has 5 rings (SSSR count). The van der Waals surface area contributed by atoms with Gasteiger partial charge in [0.2, 0.25) is 0 Å². The van der Waals surface area contributed by atoms with E-state index in [0.29, 0.717) is 17.4 Å². The Morgan fingerprint density at radius 1 is 1.05 bits per heavy atom. The molecule has 0 radical (unpaired) electrons. The molecular weight excluding hydrogens is 566 g/mol. The maximum absolute atomic E-state index is 14.7.